The number of ether oxygens (including phenoxy) is 1. The van der Waals surface area contributed by atoms with E-state index in [9.17, 15) is 9.59 Å². The molecule has 16 heavy (non-hydrogen) atoms. The average molecular weight is 229 g/mol. The standard InChI is InChI=1S/C11H19NO4/c1-2-3-4-7-12-10(13)8-5-6-9(16-8)11(14)15/h8-9H,2-7H2,1H3,(H,12,13)(H,14,15). The van der Waals surface area contributed by atoms with Crippen LogP contribution < -0.4 is 5.32 Å². The average Bonchev–Trinajstić information content (AvgIpc) is 2.73. The van der Waals surface area contributed by atoms with Gasteiger partial charge in [-0.3, -0.25) is 4.79 Å². The largest absolute Gasteiger partial charge is 0.479 e. The number of carbonyl (C=O) groups excluding carboxylic acids is 1. The first-order chi connectivity index (χ1) is 7.65. The predicted molar refractivity (Wildman–Crippen MR) is 58.1 cm³/mol. The fourth-order valence-electron chi connectivity index (χ4n) is 1.71. The molecule has 1 heterocycles. The van der Waals surface area contributed by atoms with E-state index in [2.05, 4.69) is 12.2 Å². The van der Waals surface area contributed by atoms with Crippen LogP contribution in [0.5, 0.6) is 0 Å². The van der Waals surface area contributed by atoms with E-state index in [-0.39, 0.29) is 5.91 Å². The Bertz CT molecular complexity index is 254. The molecule has 0 aromatic heterocycles. The predicted octanol–water partition coefficient (Wildman–Crippen LogP) is 0.925. The maximum atomic E-state index is 11.5. The van der Waals surface area contributed by atoms with Gasteiger partial charge in [-0.15, -0.1) is 0 Å². The normalized spacial score (nSPS) is 24.3. The van der Waals surface area contributed by atoms with Crippen molar-refractivity contribution in [3.8, 4) is 0 Å². The SMILES string of the molecule is CCCCCNC(=O)C1CCC(C(=O)O)O1. The summed E-state index contributed by atoms with van der Waals surface area (Å²) < 4.78 is 5.13. The number of carboxylic acids is 1. The molecule has 1 aliphatic heterocycles. The summed E-state index contributed by atoms with van der Waals surface area (Å²) in [5.74, 6) is -1.17. The van der Waals surface area contributed by atoms with Crippen LogP contribution in [0.1, 0.15) is 39.0 Å². The second kappa shape index (κ2) is 6.48. The summed E-state index contributed by atoms with van der Waals surface area (Å²) in [5.41, 5.74) is 0. The number of hydrogen-bond acceptors (Lipinski definition) is 3. The van der Waals surface area contributed by atoms with E-state index < -0.39 is 18.2 Å². The van der Waals surface area contributed by atoms with Crippen LogP contribution in [0, 0.1) is 0 Å². The molecule has 0 bridgehead atoms. The molecule has 1 rings (SSSR count). The van der Waals surface area contributed by atoms with Crippen molar-refractivity contribution in [2.75, 3.05) is 6.54 Å². The Kier molecular flexibility index (Phi) is 5.25. The zero-order valence-corrected chi connectivity index (χ0v) is 9.57. The van der Waals surface area contributed by atoms with Crippen LogP contribution in [-0.4, -0.2) is 35.7 Å². The Hall–Kier alpha value is -1.10. The maximum absolute atomic E-state index is 11.5. The highest BCUT2D eigenvalue weighted by Gasteiger charge is 2.34. The Morgan fingerprint density at radius 2 is 2.00 bits per heavy atom. The molecule has 5 heteroatoms. The summed E-state index contributed by atoms with van der Waals surface area (Å²) >= 11 is 0. The van der Waals surface area contributed by atoms with Gasteiger partial charge in [-0.2, -0.15) is 0 Å². The minimum atomic E-state index is -0.985. The monoisotopic (exact) mass is 229 g/mol. The first-order valence-electron chi connectivity index (χ1n) is 5.81. The fraction of sp³-hybridized carbons (Fsp3) is 0.818. The van der Waals surface area contributed by atoms with Crippen LogP contribution in [0.15, 0.2) is 0 Å². The van der Waals surface area contributed by atoms with Crippen LogP contribution in [0.2, 0.25) is 0 Å². The minimum Gasteiger partial charge on any atom is -0.479 e. The van der Waals surface area contributed by atoms with Crippen LogP contribution >= 0.6 is 0 Å². The number of aliphatic carboxylic acids is 1. The maximum Gasteiger partial charge on any atom is 0.332 e. The van der Waals surface area contributed by atoms with Gasteiger partial charge in [0.15, 0.2) is 6.10 Å². The zero-order valence-electron chi connectivity index (χ0n) is 9.57. The van der Waals surface area contributed by atoms with Crippen LogP contribution in [0.4, 0.5) is 0 Å². The van der Waals surface area contributed by atoms with Gasteiger partial charge in [0.1, 0.15) is 6.10 Å². The number of nitrogens with one attached hydrogen (secondary N) is 1. The summed E-state index contributed by atoms with van der Waals surface area (Å²) in [6.45, 7) is 2.74. The minimum absolute atomic E-state index is 0.181. The summed E-state index contributed by atoms with van der Waals surface area (Å²) in [7, 11) is 0. The number of amides is 1. The van der Waals surface area contributed by atoms with Crippen LogP contribution in [0.3, 0.4) is 0 Å². The smallest absolute Gasteiger partial charge is 0.332 e. The summed E-state index contributed by atoms with van der Waals surface area (Å²) in [4.78, 5) is 22.2. The first-order valence-corrected chi connectivity index (χ1v) is 5.81. The molecule has 1 aliphatic rings. The van der Waals surface area contributed by atoms with Crippen molar-refractivity contribution in [3.05, 3.63) is 0 Å². The summed E-state index contributed by atoms with van der Waals surface area (Å²) in [6, 6.07) is 0. The third-order valence-corrected chi connectivity index (χ3v) is 2.67. The van der Waals surface area contributed by atoms with E-state index in [1.54, 1.807) is 0 Å². The lowest BCUT2D eigenvalue weighted by atomic mass is 10.2. The number of carbonyl (C=O) groups is 2. The molecule has 92 valence electrons. The van der Waals surface area contributed by atoms with Crippen LogP contribution in [0.25, 0.3) is 0 Å². The Morgan fingerprint density at radius 3 is 2.56 bits per heavy atom. The van der Waals surface area contributed by atoms with Gasteiger partial charge in [-0.1, -0.05) is 19.8 Å². The molecule has 0 aromatic rings. The van der Waals surface area contributed by atoms with E-state index >= 15 is 0 Å². The highest BCUT2D eigenvalue weighted by Crippen LogP contribution is 2.19. The summed E-state index contributed by atoms with van der Waals surface area (Å²) in [5, 5.41) is 11.5. The number of carboxylic acid groups (broad SMARTS) is 1. The molecule has 5 nitrogen and oxygen atoms in total. The zero-order chi connectivity index (χ0) is 12.0. The Balaban J connectivity index is 2.20. The number of hydrogen-bond donors (Lipinski definition) is 2. The molecule has 0 spiro atoms. The van der Waals surface area contributed by atoms with Gasteiger partial charge in [0.25, 0.3) is 0 Å². The number of unbranched alkanes of at least 4 members (excludes halogenated alkanes) is 2. The third kappa shape index (κ3) is 3.81. The molecule has 1 saturated heterocycles. The molecule has 2 unspecified atom stereocenters. The molecular formula is C11H19NO4. The van der Waals surface area contributed by atoms with Crippen molar-refractivity contribution in [1.29, 1.82) is 0 Å². The highest BCUT2D eigenvalue weighted by atomic mass is 16.5. The topological polar surface area (TPSA) is 75.6 Å². The van der Waals surface area contributed by atoms with E-state index in [4.69, 9.17) is 9.84 Å². The molecule has 0 saturated carbocycles. The van der Waals surface area contributed by atoms with Crippen LogP contribution in [-0.2, 0) is 14.3 Å². The van der Waals surface area contributed by atoms with Crippen molar-refractivity contribution in [2.24, 2.45) is 0 Å². The number of rotatable bonds is 6. The molecule has 0 radical (unpaired) electrons. The van der Waals surface area contributed by atoms with Crippen molar-refractivity contribution in [3.63, 3.8) is 0 Å². The van der Waals surface area contributed by atoms with Gasteiger partial charge in [-0.05, 0) is 19.3 Å². The third-order valence-electron chi connectivity index (χ3n) is 2.67. The highest BCUT2D eigenvalue weighted by molar-refractivity contribution is 5.82. The van der Waals surface area contributed by atoms with E-state index in [1.807, 2.05) is 0 Å². The fourth-order valence-corrected chi connectivity index (χ4v) is 1.71. The van der Waals surface area contributed by atoms with Crippen molar-refractivity contribution >= 4 is 11.9 Å². The molecule has 1 amide bonds. The Morgan fingerprint density at radius 1 is 1.31 bits per heavy atom. The molecule has 0 aromatic carbocycles. The molecular weight excluding hydrogens is 210 g/mol. The van der Waals surface area contributed by atoms with Crippen molar-refractivity contribution in [1.82, 2.24) is 5.32 Å². The second-order valence-corrected chi connectivity index (χ2v) is 4.03. The second-order valence-electron chi connectivity index (χ2n) is 4.03. The van der Waals surface area contributed by atoms with Gasteiger partial charge < -0.3 is 15.2 Å². The molecule has 2 atom stereocenters. The quantitative estimate of drug-likeness (QED) is 0.664. The van der Waals surface area contributed by atoms with E-state index in [1.165, 1.54) is 0 Å². The van der Waals surface area contributed by atoms with Gasteiger partial charge in [0, 0.05) is 6.54 Å². The van der Waals surface area contributed by atoms with Crippen molar-refractivity contribution in [2.45, 2.75) is 51.2 Å². The van der Waals surface area contributed by atoms with Gasteiger partial charge in [0.05, 0.1) is 0 Å². The molecule has 1 fully saturated rings. The van der Waals surface area contributed by atoms with Crippen molar-refractivity contribution < 1.29 is 19.4 Å². The lowest BCUT2D eigenvalue weighted by Crippen LogP contribution is -2.36. The van der Waals surface area contributed by atoms with E-state index in [0.29, 0.717) is 19.4 Å². The van der Waals surface area contributed by atoms with Gasteiger partial charge >= 0.3 is 5.97 Å². The van der Waals surface area contributed by atoms with Gasteiger partial charge in [0.2, 0.25) is 5.91 Å². The first kappa shape index (κ1) is 13.0. The lowest BCUT2D eigenvalue weighted by Gasteiger charge is -2.11. The lowest BCUT2D eigenvalue weighted by molar-refractivity contribution is -0.151. The molecule has 0 aliphatic carbocycles. The molecule has 2 N–H and O–H groups in total. The summed E-state index contributed by atoms with van der Waals surface area (Å²) in [6.07, 6.45) is 2.67. The van der Waals surface area contributed by atoms with Gasteiger partial charge in [-0.25, -0.2) is 4.79 Å². The Labute approximate surface area is 95.2 Å². The van der Waals surface area contributed by atoms with E-state index in [0.717, 1.165) is 19.3 Å².